The first kappa shape index (κ1) is 25.7. The van der Waals surface area contributed by atoms with E-state index in [4.69, 9.17) is 0 Å². The lowest BCUT2D eigenvalue weighted by Gasteiger charge is -2.38. The first-order chi connectivity index (χ1) is 15.9. The Morgan fingerprint density at radius 1 is 0.879 bits per heavy atom. The van der Waals surface area contributed by atoms with Gasteiger partial charge in [-0.1, -0.05) is 49.1 Å². The molecule has 0 amide bonds. The molecule has 0 saturated carbocycles. The summed E-state index contributed by atoms with van der Waals surface area (Å²) < 4.78 is 0. The Kier molecular flexibility index (Phi) is 10.2. The summed E-state index contributed by atoms with van der Waals surface area (Å²) in [6.07, 6.45) is 0. The Balaban J connectivity index is 1.77. The number of hydrogen-bond donors (Lipinski definition) is 0. The Morgan fingerprint density at radius 3 is 2.18 bits per heavy atom. The van der Waals surface area contributed by atoms with E-state index in [-0.39, 0.29) is 0 Å². The van der Waals surface area contributed by atoms with Crippen molar-refractivity contribution in [1.29, 1.82) is 0 Å². The minimum absolute atomic E-state index is 0.469. The Bertz CT molecular complexity index is 848. The quantitative estimate of drug-likeness (QED) is 0.522. The van der Waals surface area contributed by atoms with Crippen LogP contribution in [0.5, 0.6) is 0 Å². The van der Waals surface area contributed by atoms with Crippen LogP contribution >= 0.6 is 11.3 Å². The summed E-state index contributed by atoms with van der Waals surface area (Å²) in [7, 11) is 0. The van der Waals surface area contributed by atoms with Crippen molar-refractivity contribution in [3.63, 3.8) is 0 Å². The molecule has 1 aromatic heterocycles. The predicted molar refractivity (Wildman–Crippen MR) is 144 cm³/mol. The number of rotatable bonds is 7. The lowest BCUT2D eigenvalue weighted by molar-refractivity contribution is 0.111. The van der Waals surface area contributed by atoms with E-state index in [9.17, 15) is 0 Å². The van der Waals surface area contributed by atoms with Gasteiger partial charge in [-0.05, 0) is 48.7 Å². The van der Waals surface area contributed by atoms with Crippen LogP contribution in [-0.2, 0) is 13.1 Å². The van der Waals surface area contributed by atoms with Gasteiger partial charge in [-0.3, -0.25) is 14.7 Å². The zero-order chi connectivity index (χ0) is 23.6. The third-order valence-electron chi connectivity index (χ3n) is 6.47. The average Bonchev–Trinajstić information content (AvgIpc) is 3.28. The van der Waals surface area contributed by atoms with Gasteiger partial charge in [0.25, 0.3) is 0 Å². The zero-order valence-electron chi connectivity index (χ0n) is 20.9. The Morgan fingerprint density at radius 2 is 1.55 bits per heavy atom. The first-order valence-corrected chi connectivity index (χ1v) is 13.1. The molecular formula is C28H42N4S. The van der Waals surface area contributed by atoms with Crippen LogP contribution in [0, 0.1) is 0 Å². The van der Waals surface area contributed by atoms with Gasteiger partial charge < -0.3 is 4.90 Å². The topological polar surface area (TPSA) is 13.0 Å². The average molecular weight is 467 g/mol. The fraction of sp³-hybridized carbons (Fsp3) is 0.500. The van der Waals surface area contributed by atoms with E-state index in [0.717, 1.165) is 65.4 Å². The lowest BCUT2D eigenvalue weighted by atomic mass is 10.1. The highest BCUT2D eigenvalue weighted by molar-refractivity contribution is 7.07. The van der Waals surface area contributed by atoms with E-state index in [0.29, 0.717) is 6.04 Å². The molecular weight excluding hydrogens is 424 g/mol. The molecule has 2 heterocycles. The molecule has 1 aliphatic heterocycles. The molecule has 0 bridgehead atoms. The number of hydrogen-bond acceptors (Lipinski definition) is 5. The lowest BCUT2D eigenvalue weighted by Crippen LogP contribution is -2.49. The van der Waals surface area contributed by atoms with Crippen LogP contribution in [-0.4, -0.2) is 78.0 Å². The number of allylic oxidation sites excluding steroid dienone is 1. The van der Waals surface area contributed by atoms with Crippen molar-refractivity contribution >= 4 is 11.3 Å². The Hall–Kier alpha value is -1.92. The Labute approximate surface area is 205 Å². The summed E-state index contributed by atoms with van der Waals surface area (Å²) in [4.78, 5) is 10.3. The van der Waals surface area contributed by atoms with Gasteiger partial charge in [0, 0.05) is 77.2 Å². The summed E-state index contributed by atoms with van der Waals surface area (Å²) in [5.41, 5.74) is 5.20. The van der Waals surface area contributed by atoms with E-state index in [1.54, 1.807) is 11.3 Å². The highest BCUT2D eigenvalue weighted by atomic mass is 32.1. The van der Waals surface area contributed by atoms with E-state index < -0.39 is 0 Å². The standard InChI is InChI=1S/C28H42N4S/c1-24(2)19-32-17-13-29(21-27-9-7-6-8-10-27)12-15-31(25(3)4)16-14-30(20-26(32)5)22-28-11-18-33-23-28/h6-11,18,23,26H,1,3,12-17,19-22H2,2,4-5H3. The van der Waals surface area contributed by atoms with Gasteiger partial charge in [0.1, 0.15) is 0 Å². The van der Waals surface area contributed by atoms with Crippen LogP contribution in [0.4, 0.5) is 0 Å². The van der Waals surface area contributed by atoms with Crippen molar-refractivity contribution in [2.75, 3.05) is 52.4 Å². The third-order valence-corrected chi connectivity index (χ3v) is 7.20. The summed E-state index contributed by atoms with van der Waals surface area (Å²) in [5.74, 6) is 0. The molecule has 5 heteroatoms. The molecule has 180 valence electrons. The maximum Gasteiger partial charge on any atom is 0.0303 e. The molecule has 0 N–H and O–H groups in total. The maximum absolute atomic E-state index is 4.29. The van der Waals surface area contributed by atoms with Crippen molar-refractivity contribution in [2.24, 2.45) is 0 Å². The molecule has 1 unspecified atom stereocenters. The van der Waals surface area contributed by atoms with Gasteiger partial charge in [-0.15, -0.1) is 0 Å². The molecule has 1 aromatic carbocycles. The van der Waals surface area contributed by atoms with Gasteiger partial charge >= 0.3 is 0 Å². The van der Waals surface area contributed by atoms with Crippen LogP contribution in [0.25, 0.3) is 0 Å². The summed E-state index contributed by atoms with van der Waals surface area (Å²) in [5, 5.41) is 4.47. The van der Waals surface area contributed by atoms with E-state index in [1.165, 1.54) is 22.4 Å². The second kappa shape index (κ2) is 13.1. The normalized spacial score (nSPS) is 20.2. The van der Waals surface area contributed by atoms with Gasteiger partial charge in [0.15, 0.2) is 0 Å². The van der Waals surface area contributed by atoms with Crippen LogP contribution in [0.3, 0.4) is 0 Å². The predicted octanol–water partition coefficient (Wildman–Crippen LogP) is 5.17. The maximum atomic E-state index is 4.29. The molecule has 1 aliphatic rings. The number of thiophene rings is 1. The molecule has 2 aromatic rings. The van der Waals surface area contributed by atoms with Gasteiger partial charge in [0.2, 0.25) is 0 Å². The van der Waals surface area contributed by atoms with Crippen LogP contribution in [0.1, 0.15) is 31.9 Å². The van der Waals surface area contributed by atoms with E-state index >= 15 is 0 Å². The highest BCUT2D eigenvalue weighted by Crippen LogP contribution is 2.15. The molecule has 1 saturated heterocycles. The van der Waals surface area contributed by atoms with E-state index in [1.807, 2.05) is 0 Å². The van der Waals surface area contributed by atoms with Crippen molar-refractivity contribution in [1.82, 2.24) is 19.6 Å². The number of benzene rings is 1. The van der Waals surface area contributed by atoms with Crippen molar-refractivity contribution in [2.45, 2.75) is 39.9 Å². The van der Waals surface area contributed by atoms with Gasteiger partial charge in [0.05, 0.1) is 0 Å². The summed E-state index contributed by atoms with van der Waals surface area (Å²) in [6, 6.07) is 13.6. The van der Waals surface area contributed by atoms with E-state index in [2.05, 4.69) is 101 Å². The molecule has 4 nitrogen and oxygen atoms in total. The third kappa shape index (κ3) is 8.74. The smallest absolute Gasteiger partial charge is 0.0303 e. The van der Waals surface area contributed by atoms with Crippen molar-refractivity contribution in [3.8, 4) is 0 Å². The highest BCUT2D eigenvalue weighted by Gasteiger charge is 2.21. The van der Waals surface area contributed by atoms with Crippen molar-refractivity contribution in [3.05, 3.63) is 82.7 Å². The van der Waals surface area contributed by atoms with Gasteiger partial charge in [-0.25, -0.2) is 0 Å². The summed E-state index contributed by atoms with van der Waals surface area (Å²) >= 11 is 1.79. The minimum Gasteiger partial charge on any atom is -0.373 e. The summed E-state index contributed by atoms with van der Waals surface area (Å²) in [6.45, 7) is 25.5. The molecule has 1 atom stereocenters. The van der Waals surface area contributed by atoms with Crippen LogP contribution < -0.4 is 0 Å². The SMILES string of the molecule is C=C(C)CN1CCN(Cc2ccccc2)CCN(C(=C)C)CCN(Cc2ccsc2)CC1C. The second-order valence-corrected chi connectivity index (χ2v) is 10.4. The molecule has 1 fully saturated rings. The monoisotopic (exact) mass is 466 g/mol. The molecule has 3 rings (SSSR count). The van der Waals surface area contributed by atoms with Gasteiger partial charge in [-0.2, -0.15) is 11.3 Å². The molecule has 0 aliphatic carbocycles. The largest absolute Gasteiger partial charge is 0.373 e. The molecule has 0 radical (unpaired) electrons. The van der Waals surface area contributed by atoms with Crippen molar-refractivity contribution < 1.29 is 0 Å². The van der Waals surface area contributed by atoms with Crippen LogP contribution in [0.15, 0.2) is 71.6 Å². The molecule has 33 heavy (non-hydrogen) atoms. The minimum atomic E-state index is 0.469. The fourth-order valence-electron chi connectivity index (χ4n) is 4.57. The van der Waals surface area contributed by atoms with Crippen LogP contribution in [0.2, 0.25) is 0 Å². The number of nitrogens with zero attached hydrogens (tertiary/aromatic N) is 4. The molecule has 0 spiro atoms. The second-order valence-electron chi connectivity index (χ2n) is 9.63. The zero-order valence-corrected chi connectivity index (χ0v) is 21.7. The first-order valence-electron chi connectivity index (χ1n) is 12.2. The fourth-order valence-corrected chi connectivity index (χ4v) is 5.23.